The molecule has 108 valence electrons. The smallest absolute Gasteiger partial charge is 0.338 e. The molecular weight excluding hydrogens is 308 g/mol. The fraction of sp³-hybridized carbons (Fsp3) is 0.0714. The highest BCUT2D eigenvalue weighted by atomic mass is 35.5. The van der Waals surface area contributed by atoms with Crippen molar-refractivity contribution in [2.75, 3.05) is 0 Å². The van der Waals surface area contributed by atoms with Crippen molar-refractivity contribution in [3.8, 4) is 11.4 Å². The van der Waals surface area contributed by atoms with Gasteiger partial charge in [0.05, 0.1) is 21.6 Å². The second-order valence-corrected chi connectivity index (χ2v) is 4.83. The Morgan fingerprint density at radius 3 is 2.48 bits per heavy atom. The lowest BCUT2D eigenvalue weighted by Gasteiger charge is -2.10. The van der Waals surface area contributed by atoms with E-state index in [1.54, 1.807) is 24.3 Å². The summed E-state index contributed by atoms with van der Waals surface area (Å²) in [5, 5.41) is -0.597. The summed E-state index contributed by atoms with van der Waals surface area (Å²) < 4.78 is 51.9. The van der Waals surface area contributed by atoms with Gasteiger partial charge in [-0.1, -0.05) is 23.7 Å². The van der Waals surface area contributed by atoms with E-state index >= 15 is 0 Å². The van der Waals surface area contributed by atoms with Crippen molar-refractivity contribution in [2.24, 2.45) is 0 Å². The second kappa shape index (κ2) is 4.73. The summed E-state index contributed by atoms with van der Waals surface area (Å²) in [5.74, 6) is -1.28. The zero-order valence-electron chi connectivity index (χ0n) is 10.3. The maximum absolute atomic E-state index is 13.5. The SMILES string of the molecule is Fc1c(Cl)cc(-c2nc3ccccc3[nH]2)cc1C(F)(F)F. The molecule has 21 heavy (non-hydrogen) atoms. The van der Waals surface area contributed by atoms with E-state index in [9.17, 15) is 17.6 Å². The molecule has 1 N–H and O–H groups in total. The number of halogens is 5. The summed E-state index contributed by atoms with van der Waals surface area (Å²) in [6.45, 7) is 0. The third-order valence-corrected chi connectivity index (χ3v) is 3.27. The lowest BCUT2D eigenvalue weighted by Crippen LogP contribution is -2.09. The topological polar surface area (TPSA) is 28.7 Å². The Hall–Kier alpha value is -2.08. The molecule has 1 heterocycles. The average molecular weight is 315 g/mol. The van der Waals surface area contributed by atoms with Crippen molar-refractivity contribution in [1.82, 2.24) is 9.97 Å². The lowest BCUT2D eigenvalue weighted by molar-refractivity contribution is -0.139. The number of rotatable bonds is 1. The van der Waals surface area contributed by atoms with Crippen molar-refractivity contribution < 1.29 is 17.6 Å². The van der Waals surface area contributed by atoms with Crippen molar-refractivity contribution in [3.63, 3.8) is 0 Å². The molecule has 0 fully saturated rings. The number of aromatic amines is 1. The summed E-state index contributed by atoms with van der Waals surface area (Å²) in [6, 6.07) is 8.78. The average Bonchev–Trinajstić information content (AvgIpc) is 2.84. The molecule has 3 aromatic rings. The predicted octanol–water partition coefficient (Wildman–Crippen LogP) is 5.04. The van der Waals surface area contributed by atoms with Crippen molar-refractivity contribution in [2.45, 2.75) is 6.18 Å². The first kappa shape index (κ1) is 13.9. The predicted molar refractivity (Wildman–Crippen MR) is 71.5 cm³/mol. The number of nitrogens with zero attached hydrogens (tertiary/aromatic N) is 1. The molecule has 0 aliphatic carbocycles. The highest BCUT2D eigenvalue weighted by molar-refractivity contribution is 6.31. The van der Waals surface area contributed by atoms with Gasteiger partial charge in [-0.3, -0.25) is 0 Å². The number of para-hydroxylation sites is 2. The van der Waals surface area contributed by atoms with Crippen LogP contribution >= 0.6 is 11.6 Å². The van der Waals surface area contributed by atoms with Gasteiger partial charge in [0.2, 0.25) is 0 Å². The van der Waals surface area contributed by atoms with Crippen LogP contribution < -0.4 is 0 Å². The summed E-state index contributed by atoms with van der Waals surface area (Å²) in [6.07, 6.45) is -4.82. The molecule has 0 saturated carbocycles. The van der Waals surface area contributed by atoms with Gasteiger partial charge >= 0.3 is 6.18 Å². The van der Waals surface area contributed by atoms with E-state index in [1.165, 1.54) is 0 Å². The van der Waals surface area contributed by atoms with Gasteiger partial charge in [-0.2, -0.15) is 13.2 Å². The number of imidazole rings is 1. The van der Waals surface area contributed by atoms with E-state index in [0.717, 1.165) is 6.07 Å². The molecule has 0 atom stereocenters. The zero-order chi connectivity index (χ0) is 15.2. The van der Waals surface area contributed by atoms with Gasteiger partial charge in [-0.15, -0.1) is 0 Å². The standard InChI is InChI=1S/C14H7ClF4N2/c15-9-6-7(5-8(12(9)16)14(17,18)19)13-20-10-3-1-2-4-11(10)21-13/h1-6H,(H,20,21). The number of aromatic nitrogens is 2. The van der Waals surface area contributed by atoms with E-state index in [2.05, 4.69) is 9.97 Å². The van der Waals surface area contributed by atoms with E-state index in [4.69, 9.17) is 11.6 Å². The quantitative estimate of drug-likeness (QED) is 0.626. The molecule has 0 amide bonds. The molecule has 3 rings (SSSR count). The minimum absolute atomic E-state index is 0.0740. The molecule has 2 aromatic carbocycles. The number of H-pyrrole nitrogens is 1. The first-order valence-electron chi connectivity index (χ1n) is 5.87. The Bertz CT molecular complexity index is 790. The molecular formula is C14H7ClF4N2. The lowest BCUT2D eigenvalue weighted by atomic mass is 10.1. The van der Waals surface area contributed by atoms with Crippen molar-refractivity contribution in [1.29, 1.82) is 0 Å². The van der Waals surface area contributed by atoms with Crippen LogP contribution in [0.1, 0.15) is 5.56 Å². The Balaban J connectivity index is 2.20. The number of fused-ring (bicyclic) bond motifs is 1. The Kier molecular flexibility index (Phi) is 3.13. The van der Waals surface area contributed by atoms with E-state index in [1.807, 2.05) is 0 Å². The van der Waals surface area contributed by atoms with E-state index in [-0.39, 0.29) is 11.4 Å². The van der Waals surface area contributed by atoms with Gasteiger partial charge in [-0.25, -0.2) is 9.37 Å². The van der Waals surface area contributed by atoms with Crippen LogP contribution in [0.2, 0.25) is 5.02 Å². The summed E-state index contributed by atoms with van der Waals surface area (Å²) in [7, 11) is 0. The van der Waals surface area contributed by atoms with Crippen LogP contribution in [0.15, 0.2) is 36.4 Å². The van der Waals surface area contributed by atoms with Crippen LogP contribution in [-0.4, -0.2) is 9.97 Å². The number of hydrogen-bond acceptors (Lipinski definition) is 1. The molecule has 0 unspecified atom stereocenters. The Morgan fingerprint density at radius 1 is 1.10 bits per heavy atom. The van der Waals surface area contributed by atoms with Crippen LogP contribution in [-0.2, 0) is 6.18 Å². The number of nitrogens with one attached hydrogen (secondary N) is 1. The molecule has 0 aliphatic heterocycles. The fourth-order valence-corrected chi connectivity index (χ4v) is 2.24. The fourth-order valence-electron chi connectivity index (χ4n) is 2.02. The minimum Gasteiger partial charge on any atom is -0.338 e. The molecule has 0 aliphatic rings. The van der Waals surface area contributed by atoms with Crippen LogP contribution in [0.3, 0.4) is 0 Å². The maximum atomic E-state index is 13.5. The molecule has 0 spiro atoms. The van der Waals surface area contributed by atoms with Crippen molar-refractivity contribution >= 4 is 22.6 Å². The van der Waals surface area contributed by atoms with Crippen LogP contribution in [0.4, 0.5) is 17.6 Å². The zero-order valence-corrected chi connectivity index (χ0v) is 11.1. The third kappa shape index (κ3) is 2.47. The van der Waals surface area contributed by atoms with Crippen LogP contribution in [0.5, 0.6) is 0 Å². The molecule has 7 heteroatoms. The summed E-state index contributed by atoms with van der Waals surface area (Å²) in [4.78, 5) is 7.05. The largest absolute Gasteiger partial charge is 0.419 e. The molecule has 0 bridgehead atoms. The first-order valence-corrected chi connectivity index (χ1v) is 6.25. The summed E-state index contributed by atoms with van der Waals surface area (Å²) >= 11 is 5.56. The highest BCUT2D eigenvalue weighted by Crippen LogP contribution is 2.37. The number of benzene rings is 2. The van der Waals surface area contributed by atoms with Crippen molar-refractivity contribution in [3.05, 3.63) is 52.8 Å². The maximum Gasteiger partial charge on any atom is 0.419 e. The van der Waals surface area contributed by atoms with Gasteiger partial charge < -0.3 is 4.98 Å². The molecule has 0 radical (unpaired) electrons. The van der Waals surface area contributed by atoms with Gasteiger partial charge in [0, 0.05) is 5.56 Å². The summed E-state index contributed by atoms with van der Waals surface area (Å²) in [5.41, 5.74) is -0.0709. The molecule has 1 aromatic heterocycles. The Morgan fingerprint density at radius 2 is 1.81 bits per heavy atom. The van der Waals surface area contributed by atoms with E-state index < -0.39 is 22.6 Å². The normalized spacial score (nSPS) is 12.0. The van der Waals surface area contributed by atoms with Gasteiger partial charge in [0.15, 0.2) is 5.82 Å². The van der Waals surface area contributed by atoms with Gasteiger partial charge in [0.1, 0.15) is 5.82 Å². The van der Waals surface area contributed by atoms with Crippen LogP contribution in [0.25, 0.3) is 22.4 Å². The molecule has 0 saturated heterocycles. The minimum atomic E-state index is -4.82. The van der Waals surface area contributed by atoms with Gasteiger partial charge in [0.25, 0.3) is 0 Å². The third-order valence-electron chi connectivity index (χ3n) is 3.00. The second-order valence-electron chi connectivity index (χ2n) is 4.42. The monoisotopic (exact) mass is 314 g/mol. The van der Waals surface area contributed by atoms with Crippen LogP contribution in [0, 0.1) is 5.82 Å². The van der Waals surface area contributed by atoms with Gasteiger partial charge in [-0.05, 0) is 24.3 Å². The highest BCUT2D eigenvalue weighted by Gasteiger charge is 2.35. The number of hydrogen-bond donors (Lipinski definition) is 1. The van der Waals surface area contributed by atoms with E-state index in [0.29, 0.717) is 17.1 Å². The molecule has 2 nitrogen and oxygen atoms in total. The Labute approximate surface area is 121 Å². The number of alkyl halides is 3. The first-order chi connectivity index (χ1) is 9.86.